The van der Waals surface area contributed by atoms with Crippen molar-refractivity contribution in [2.45, 2.75) is 6.92 Å². The number of nitrogens with zero attached hydrogens (tertiary/aromatic N) is 2. The number of nitro benzene ring substituents is 1. The number of carbonyl (C=O) groups excluding carboxylic acids is 1. The number of rotatable bonds is 6. The molecular weight excluding hydrogens is 315 g/mol. The average Bonchev–Trinajstić information content (AvgIpc) is 2.56. The molecule has 0 radical (unpaired) electrons. The Hall–Kier alpha value is -3.29. The second kappa shape index (κ2) is 7.82. The van der Waals surface area contributed by atoms with E-state index in [0.29, 0.717) is 0 Å². The number of nitrogens with one attached hydrogen (secondary N) is 2. The Morgan fingerprint density at radius 3 is 2.67 bits per heavy atom. The summed E-state index contributed by atoms with van der Waals surface area (Å²) < 4.78 is 13.5. The zero-order chi connectivity index (χ0) is 17.5. The Morgan fingerprint density at radius 1 is 1.29 bits per heavy atom. The van der Waals surface area contributed by atoms with Crippen LogP contribution in [-0.4, -0.2) is 23.6 Å². The Kier molecular flexibility index (Phi) is 5.56. The molecule has 8 heteroatoms. The smallest absolute Gasteiger partial charge is 0.270 e. The highest BCUT2D eigenvalue weighted by atomic mass is 19.1. The SMILES string of the molecule is Cc1ccc(NCC(=O)N/N=C/c2cc([N+](=O)[O-])ccc2F)cc1. The monoisotopic (exact) mass is 330 g/mol. The molecule has 0 aliphatic heterocycles. The van der Waals surface area contributed by atoms with Crippen LogP contribution in [0.25, 0.3) is 0 Å². The zero-order valence-corrected chi connectivity index (χ0v) is 12.8. The van der Waals surface area contributed by atoms with Crippen molar-refractivity contribution < 1.29 is 14.1 Å². The molecule has 0 saturated carbocycles. The summed E-state index contributed by atoms with van der Waals surface area (Å²) in [6, 6.07) is 10.5. The van der Waals surface area contributed by atoms with Crippen LogP contribution >= 0.6 is 0 Å². The maximum atomic E-state index is 13.5. The Bertz CT molecular complexity index is 775. The van der Waals surface area contributed by atoms with Crippen LogP contribution in [0.2, 0.25) is 0 Å². The molecule has 2 aromatic rings. The van der Waals surface area contributed by atoms with Crippen LogP contribution in [0.4, 0.5) is 15.8 Å². The van der Waals surface area contributed by atoms with Gasteiger partial charge in [0.2, 0.25) is 0 Å². The summed E-state index contributed by atoms with van der Waals surface area (Å²) in [6.45, 7) is 1.94. The van der Waals surface area contributed by atoms with Crippen LogP contribution in [0.3, 0.4) is 0 Å². The number of aryl methyl sites for hydroxylation is 1. The van der Waals surface area contributed by atoms with Gasteiger partial charge in [-0.25, -0.2) is 9.82 Å². The third kappa shape index (κ3) is 4.87. The summed E-state index contributed by atoms with van der Waals surface area (Å²) in [5.41, 5.74) is 3.76. The molecule has 7 nitrogen and oxygen atoms in total. The molecule has 2 N–H and O–H groups in total. The first-order valence-electron chi connectivity index (χ1n) is 7.02. The molecule has 0 spiro atoms. The van der Waals surface area contributed by atoms with Gasteiger partial charge in [0.25, 0.3) is 11.6 Å². The van der Waals surface area contributed by atoms with E-state index in [2.05, 4.69) is 15.8 Å². The summed E-state index contributed by atoms with van der Waals surface area (Å²) in [6.07, 6.45) is 1.02. The van der Waals surface area contributed by atoms with E-state index in [1.165, 1.54) is 0 Å². The minimum absolute atomic E-state index is 0.0161. The van der Waals surface area contributed by atoms with Gasteiger partial charge in [0, 0.05) is 23.4 Å². The standard InChI is InChI=1S/C16H15FN4O3/c1-11-2-4-13(5-3-11)18-10-16(22)20-19-9-12-8-14(21(23)24)6-7-15(12)17/h2-9,18H,10H2,1H3,(H,20,22)/b19-9+. The Morgan fingerprint density at radius 2 is 2.00 bits per heavy atom. The lowest BCUT2D eigenvalue weighted by molar-refractivity contribution is -0.384. The third-order valence-electron chi connectivity index (χ3n) is 3.09. The number of halogens is 1. The van der Waals surface area contributed by atoms with E-state index in [1.54, 1.807) is 0 Å². The number of hydrazone groups is 1. The zero-order valence-electron chi connectivity index (χ0n) is 12.8. The van der Waals surface area contributed by atoms with Gasteiger partial charge in [-0.3, -0.25) is 14.9 Å². The van der Waals surface area contributed by atoms with Crippen LogP contribution in [0.1, 0.15) is 11.1 Å². The van der Waals surface area contributed by atoms with Crippen molar-refractivity contribution in [1.29, 1.82) is 0 Å². The van der Waals surface area contributed by atoms with Crippen molar-refractivity contribution in [3.8, 4) is 0 Å². The molecule has 0 atom stereocenters. The number of non-ortho nitro benzene ring substituents is 1. The van der Waals surface area contributed by atoms with Crippen molar-refractivity contribution in [1.82, 2.24) is 5.43 Å². The van der Waals surface area contributed by atoms with Crippen molar-refractivity contribution in [3.63, 3.8) is 0 Å². The normalized spacial score (nSPS) is 10.6. The van der Waals surface area contributed by atoms with Gasteiger partial charge in [-0.05, 0) is 25.1 Å². The van der Waals surface area contributed by atoms with E-state index >= 15 is 0 Å². The molecule has 2 aromatic carbocycles. The summed E-state index contributed by atoms with van der Waals surface area (Å²) in [7, 11) is 0. The molecule has 2 rings (SSSR count). The minimum Gasteiger partial charge on any atom is -0.376 e. The highest BCUT2D eigenvalue weighted by Gasteiger charge is 2.09. The molecule has 0 aliphatic rings. The van der Waals surface area contributed by atoms with Gasteiger partial charge in [0.15, 0.2) is 0 Å². The first-order chi connectivity index (χ1) is 11.5. The lowest BCUT2D eigenvalue weighted by Gasteiger charge is -2.05. The quantitative estimate of drug-likeness (QED) is 0.483. The highest BCUT2D eigenvalue weighted by molar-refractivity contribution is 5.84. The predicted molar refractivity (Wildman–Crippen MR) is 88.5 cm³/mol. The van der Waals surface area contributed by atoms with Crippen molar-refractivity contribution >= 4 is 23.5 Å². The Balaban J connectivity index is 1.89. The summed E-state index contributed by atoms with van der Waals surface area (Å²) >= 11 is 0. The van der Waals surface area contributed by atoms with Gasteiger partial charge >= 0.3 is 0 Å². The minimum atomic E-state index is -0.670. The third-order valence-corrected chi connectivity index (χ3v) is 3.09. The highest BCUT2D eigenvalue weighted by Crippen LogP contribution is 2.15. The van der Waals surface area contributed by atoms with E-state index in [4.69, 9.17) is 0 Å². The predicted octanol–water partition coefficient (Wildman–Crippen LogP) is 2.60. The number of amides is 1. The van der Waals surface area contributed by atoms with E-state index in [0.717, 1.165) is 35.7 Å². The van der Waals surface area contributed by atoms with Crippen LogP contribution in [0, 0.1) is 22.9 Å². The van der Waals surface area contributed by atoms with E-state index in [9.17, 15) is 19.3 Å². The number of carbonyl (C=O) groups is 1. The maximum Gasteiger partial charge on any atom is 0.270 e. The molecular formula is C16H15FN4O3. The maximum absolute atomic E-state index is 13.5. The topological polar surface area (TPSA) is 96.6 Å². The van der Waals surface area contributed by atoms with Gasteiger partial charge in [0.1, 0.15) is 5.82 Å². The first kappa shape index (κ1) is 17.1. The van der Waals surface area contributed by atoms with Gasteiger partial charge < -0.3 is 5.32 Å². The van der Waals surface area contributed by atoms with E-state index in [1.807, 2.05) is 31.2 Å². The molecule has 0 heterocycles. The largest absolute Gasteiger partial charge is 0.376 e. The number of anilines is 1. The molecule has 0 saturated heterocycles. The summed E-state index contributed by atoms with van der Waals surface area (Å²) in [5.74, 6) is -1.10. The molecule has 0 fully saturated rings. The number of hydrogen-bond donors (Lipinski definition) is 2. The summed E-state index contributed by atoms with van der Waals surface area (Å²) in [4.78, 5) is 21.7. The molecule has 0 aliphatic carbocycles. The van der Waals surface area contributed by atoms with Crippen molar-refractivity contribution in [2.75, 3.05) is 11.9 Å². The molecule has 0 bridgehead atoms. The fourth-order valence-electron chi connectivity index (χ4n) is 1.81. The van der Waals surface area contributed by atoms with Crippen LogP contribution in [0.15, 0.2) is 47.6 Å². The lowest BCUT2D eigenvalue weighted by atomic mass is 10.2. The first-order valence-corrected chi connectivity index (χ1v) is 7.02. The van der Waals surface area contributed by atoms with Crippen LogP contribution in [-0.2, 0) is 4.79 Å². The fraction of sp³-hybridized carbons (Fsp3) is 0.125. The molecule has 1 amide bonds. The number of benzene rings is 2. The van der Waals surface area contributed by atoms with Crippen LogP contribution < -0.4 is 10.7 Å². The van der Waals surface area contributed by atoms with E-state index < -0.39 is 16.6 Å². The van der Waals surface area contributed by atoms with E-state index in [-0.39, 0.29) is 17.8 Å². The van der Waals surface area contributed by atoms with Crippen molar-refractivity contribution in [3.05, 3.63) is 69.5 Å². The molecule has 24 heavy (non-hydrogen) atoms. The van der Waals surface area contributed by atoms with Gasteiger partial charge in [0.05, 0.1) is 17.7 Å². The molecule has 0 unspecified atom stereocenters. The second-order valence-corrected chi connectivity index (χ2v) is 4.98. The Labute approximate surface area is 137 Å². The molecule has 0 aromatic heterocycles. The molecule has 124 valence electrons. The average molecular weight is 330 g/mol. The number of hydrogen-bond acceptors (Lipinski definition) is 5. The lowest BCUT2D eigenvalue weighted by Crippen LogP contribution is -2.25. The van der Waals surface area contributed by atoms with Gasteiger partial charge in [-0.1, -0.05) is 17.7 Å². The number of nitro groups is 1. The van der Waals surface area contributed by atoms with Crippen LogP contribution in [0.5, 0.6) is 0 Å². The fourth-order valence-corrected chi connectivity index (χ4v) is 1.81. The van der Waals surface area contributed by atoms with Gasteiger partial charge in [-0.2, -0.15) is 5.10 Å². The van der Waals surface area contributed by atoms with Gasteiger partial charge in [-0.15, -0.1) is 0 Å². The second-order valence-electron chi connectivity index (χ2n) is 4.98. The summed E-state index contributed by atoms with van der Waals surface area (Å²) in [5, 5.41) is 17.2. The van der Waals surface area contributed by atoms with Crippen molar-refractivity contribution in [2.24, 2.45) is 5.10 Å².